The molecule has 4 rings (SSSR count). The van der Waals surface area contributed by atoms with Crippen LogP contribution in [0.2, 0.25) is 0 Å². The van der Waals surface area contributed by atoms with E-state index in [9.17, 15) is 19.5 Å². The molecular weight excluding hydrogens is 542 g/mol. The fraction of sp³-hybridized carbons (Fsp3) is 0.450. The molecule has 3 aliphatic heterocycles. The van der Waals surface area contributed by atoms with Crippen LogP contribution in [0.1, 0.15) is 19.0 Å². The number of carbonyl (C=O) groups excluding carboxylic acids is 2. The summed E-state index contributed by atoms with van der Waals surface area (Å²) in [5, 5.41) is 25.9. The molecule has 4 heterocycles. The Morgan fingerprint density at radius 1 is 1.46 bits per heavy atom. The number of aromatic nitrogens is 1. The molecule has 1 aromatic heterocycles. The summed E-state index contributed by atoms with van der Waals surface area (Å²) in [5.41, 5.74) is 12.2. The molecule has 1 fully saturated rings. The highest BCUT2D eigenvalue weighted by Crippen LogP contribution is 2.41. The van der Waals surface area contributed by atoms with Crippen LogP contribution in [0.3, 0.4) is 0 Å². The van der Waals surface area contributed by atoms with E-state index in [1.54, 1.807) is 24.3 Å². The van der Waals surface area contributed by atoms with Gasteiger partial charge in [-0.15, -0.1) is 23.1 Å². The Morgan fingerprint density at radius 2 is 2.22 bits per heavy atom. The quantitative estimate of drug-likeness (QED) is 0.159. The lowest BCUT2D eigenvalue weighted by molar-refractivity contribution is -0.150. The number of aliphatic carboxylic acids is 1. The van der Waals surface area contributed by atoms with Crippen LogP contribution in [0.4, 0.5) is 5.13 Å². The lowest BCUT2D eigenvalue weighted by Gasteiger charge is -2.49. The molecule has 0 aromatic carbocycles. The molecule has 0 aliphatic carbocycles. The highest BCUT2D eigenvalue weighted by Gasteiger charge is 2.54. The van der Waals surface area contributed by atoms with Crippen LogP contribution in [0.25, 0.3) is 0 Å². The maximum atomic E-state index is 13.0. The Bertz CT molecular complexity index is 1230. The number of aliphatic imine (C=N–C) groups is 1. The van der Waals surface area contributed by atoms with Crippen molar-refractivity contribution in [2.45, 2.75) is 30.9 Å². The Hall–Kier alpha value is -3.15. The number of carboxylic acids is 1. The van der Waals surface area contributed by atoms with E-state index in [2.05, 4.69) is 20.4 Å². The second-order valence-electron chi connectivity index (χ2n) is 8.06. The smallest absolute Gasteiger partial charge is 0.352 e. The second kappa shape index (κ2) is 11.1. The predicted molar refractivity (Wildman–Crippen MR) is 142 cm³/mol. The number of amidine groups is 2. The van der Waals surface area contributed by atoms with Gasteiger partial charge in [-0.05, 0) is 12.5 Å². The summed E-state index contributed by atoms with van der Waals surface area (Å²) in [6, 6.07) is -0.948. The van der Waals surface area contributed by atoms with Crippen molar-refractivity contribution in [1.29, 1.82) is 5.41 Å². The Morgan fingerprint density at radius 3 is 2.86 bits per heavy atom. The molecule has 198 valence electrons. The molecule has 0 saturated carbocycles. The molecular formula is C20H25N9O5S3. The first-order valence-electron chi connectivity index (χ1n) is 11.0. The van der Waals surface area contributed by atoms with Crippen LogP contribution in [-0.2, 0) is 19.2 Å². The highest BCUT2D eigenvalue weighted by molar-refractivity contribution is 8.14. The maximum Gasteiger partial charge on any atom is 0.352 e. The monoisotopic (exact) mass is 567 g/mol. The van der Waals surface area contributed by atoms with E-state index < -0.39 is 29.2 Å². The van der Waals surface area contributed by atoms with E-state index >= 15 is 0 Å². The minimum atomic E-state index is -1.24. The van der Waals surface area contributed by atoms with Crippen LogP contribution < -0.4 is 16.8 Å². The summed E-state index contributed by atoms with van der Waals surface area (Å²) in [4.78, 5) is 54.4. The third-order valence-corrected chi connectivity index (χ3v) is 8.75. The van der Waals surface area contributed by atoms with Crippen molar-refractivity contribution in [1.82, 2.24) is 20.1 Å². The highest BCUT2D eigenvalue weighted by atomic mass is 32.2. The van der Waals surface area contributed by atoms with Gasteiger partial charge in [-0.25, -0.2) is 14.8 Å². The van der Waals surface area contributed by atoms with Crippen molar-refractivity contribution in [3.05, 3.63) is 22.3 Å². The number of hydrogen-bond acceptors (Lipinski definition) is 13. The zero-order valence-corrected chi connectivity index (χ0v) is 22.3. The van der Waals surface area contributed by atoms with Gasteiger partial charge in [0, 0.05) is 30.4 Å². The van der Waals surface area contributed by atoms with Gasteiger partial charge in [0.05, 0.1) is 6.17 Å². The molecule has 17 heteroatoms. The van der Waals surface area contributed by atoms with E-state index in [1.165, 1.54) is 28.4 Å². The molecule has 0 radical (unpaired) electrons. The predicted octanol–water partition coefficient (Wildman–Crippen LogP) is -0.109. The average Bonchev–Trinajstić information content (AvgIpc) is 3.28. The van der Waals surface area contributed by atoms with Gasteiger partial charge >= 0.3 is 5.97 Å². The third kappa shape index (κ3) is 5.43. The normalized spacial score (nSPS) is 23.9. The zero-order chi connectivity index (χ0) is 26.9. The minimum absolute atomic E-state index is 0.110. The number of β-lactam (4-membered cyclic amide) rings is 1. The molecule has 1 aromatic rings. The summed E-state index contributed by atoms with van der Waals surface area (Å²) in [6.07, 6.45) is -0.0626. The first-order chi connectivity index (χ1) is 17.6. The number of nitrogens with zero attached hydrogens (tertiary/aromatic N) is 5. The number of fused-ring (bicyclic) bond motifs is 1. The second-order valence-corrected chi connectivity index (χ2v) is 11.0. The SMILES string of the molecule is CCON=C(C(=O)NC1C(=O)N2C(C(=O)O)=C(CSC3=NC(=N)CC(N)N3C)CS[C@@H]12)c1csc(N)n1. The summed E-state index contributed by atoms with van der Waals surface area (Å²) in [7, 11) is 1.76. The van der Waals surface area contributed by atoms with Crippen molar-refractivity contribution in [3.63, 3.8) is 0 Å². The molecule has 3 aliphatic rings. The van der Waals surface area contributed by atoms with Gasteiger partial charge in [-0.1, -0.05) is 16.9 Å². The van der Waals surface area contributed by atoms with Crippen molar-refractivity contribution >= 4 is 74.5 Å². The van der Waals surface area contributed by atoms with Crippen molar-refractivity contribution in [3.8, 4) is 0 Å². The number of thioether (sulfide) groups is 2. The summed E-state index contributed by atoms with van der Waals surface area (Å²) < 4.78 is 0. The van der Waals surface area contributed by atoms with E-state index in [4.69, 9.17) is 21.7 Å². The number of hydrogen-bond donors (Lipinski definition) is 5. The number of rotatable bonds is 8. The van der Waals surface area contributed by atoms with Crippen LogP contribution in [0, 0.1) is 5.41 Å². The van der Waals surface area contributed by atoms with E-state index in [0.29, 0.717) is 22.9 Å². The van der Waals surface area contributed by atoms with Gasteiger partial charge in [-0.2, -0.15) is 0 Å². The molecule has 37 heavy (non-hydrogen) atoms. The first kappa shape index (κ1) is 26.9. The zero-order valence-electron chi connectivity index (χ0n) is 19.8. The number of carbonyl (C=O) groups is 3. The lowest BCUT2D eigenvalue weighted by atomic mass is 10.0. The van der Waals surface area contributed by atoms with E-state index in [1.807, 2.05) is 0 Å². The number of oxime groups is 1. The Kier molecular flexibility index (Phi) is 8.05. The van der Waals surface area contributed by atoms with E-state index in [0.717, 1.165) is 11.3 Å². The lowest BCUT2D eigenvalue weighted by Crippen LogP contribution is -2.71. The summed E-state index contributed by atoms with van der Waals surface area (Å²) >= 11 is 3.73. The number of carboxylic acid groups (broad SMARTS) is 1. The Balaban J connectivity index is 1.49. The molecule has 0 spiro atoms. The number of nitrogens with one attached hydrogen (secondary N) is 2. The van der Waals surface area contributed by atoms with Gasteiger partial charge in [0.25, 0.3) is 11.8 Å². The van der Waals surface area contributed by atoms with Crippen LogP contribution in [0.15, 0.2) is 26.8 Å². The first-order valence-corrected chi connectivity index (χ1v) is 13.9. The third-order valence-electron chi connectivity index (χ3n) is 5.61. The van der Waals surface area contributed by atoms with Crippen molar-refractivity contribution in [2.24, 2.45) is 15.9 Å². The molecule has 2 amide bonds. The average molecular weight is 568 g/mol. The minimum Gasteiger partial charge on any atom is -0.477 e. The van der Waals surface area contributed by atoms with Gasteiger partial charge in [-0.3, -0.25) is 19.9 Å². The largest absolute Gasteiger partial charge is 0.477 e. The topological polar surface area (TPSA) is 213 Å². The van der Waals surface area contributed by atoms with Crippen LogP contribution in [0.5, 0.6) is 0 Å². The number of nitrogen functional groups attached to an aromatic ring is 1. The van der Waals surface area contributed by atoms with Gasteiger partial charge < -0.3 is 31.6 Å². The van der Waals surface area contributed by atoms with Crippen LogP contribution in [-0.4, -0.2) is 97.1 Å². The standard InChI is InChI=1S/C20H25N9O5S3/c1-3-34-27-12(9-7-36-19(23)24-9)15(30)26-13-16(31)29-14(18(32)33)8(5-35-17(13)29)6-37-20-25-10(21)4-11(22)28(20)2/h7,11,13,17,21H,3-6,22H2,1-2H3,(H2,23,24)(H,26,30)(H,32,33)/t11?,13?,17-/m0/s1. The summed E-state index contributed by atoms with van der Waals surface area (Å²) in [5.74, 6) is -1.73. The van der Waals surface area contributed by atoms with Gasteiger partial charge in [0.2, 0.25) is 0 Å². The molecule has 2 unspecified atom stereocenters. The number of anilines is 1. The molecule has 7 N–H and O–H groups in total. The van der Waals surface area contributed by atoms with Gasteiger partial charge in [0.15, 0.2) is 16.0 Å². The molecule has 0 bridgehead atoms. The Labute approximate surface area is 224 Å². The fourth-order valence-corrected chi connectivity index (χ4v) is 6.82. The van der Waals surface area contributed by atoms with Crippen molar-refractivity contribution < 1.29 is 24.3 Å². The van der Waals surface area contributed by atoms with Crippen LogP contribution >= 0.6 is 34.9 Å². The van der Waals surface area contributed by atoms with Gasteiger partial charge in [0.1, 0.15) is 35.2 Å². The number of amides is 2. The van der Waals surface area contributed by atoms with Crippen molar-refractivity contribution in [2.75, 3.05) is 30.9 Å². The van der Waals surface area contributed by atoms with E-state index in [-0.39, 0.29) is 46.6 Å². The summed E-state index contributed by atoms with van der Waals surface area (Å²) in [6.45, 7) is 1.92. The molecule has 14 nitrogen and oxygen atoms in total. The fourth-order valence-electron chi connectivity index (χ4n) is 3.74. The molecule has 3 atom stereocenters. The molecule has 1 saturated heterocycles. The number of thiazole rings is 1. The maximum absolute atomic E-state index is 13.0. The number of nitrogens with two attached hydrogens (primary N) is 2.